The first-order chi connectivity index (χ1) is 13.7. The molecular weight excluding hydrogens is 481 g/mol. The molecular formula is C22H36IN3O3. The van der Waals surface area contributed by atoms with E-state index in [1.807, 2.05) is 12.1 Å². The summed E-state index contributed by atoms with van der Waals surface area (Å²) in [6.45, 7) is 6.36. The molecule has 3 rings (SSSR count). The highest BCUT2D eigenvalue weighted by Gasteiger charge is 2.25. The summed E-state index contributed by atoms with van der Waals surface area (Å²) in [6.07, 6.45) is 6.18. The normalized spacial score (nSPS) is 19.9. The first kappa shape index (κ1) is 24.1. The summed E-state index contributed by atoms with van der Waals surface area (Å²) in [6, 6.07) is 6.08. The predicted octanol–water partition coefficient (Wildman–Crippen LogP) is 4.07. The Balaban J connectivity index is 0.00000300. The molecule has 1 unspecified atom stereocenters. The van der Waals surface area contributed by atoms with E-state index in [-0.39, 0.29) is 24.0 Å². The molecule has 1 aliphatic carbocycles. The fraction of sp³-hybridized carbons (Fsp3) is 0.682. The van der Waals surface area contributed by atoms with Gasteiger partial charge in [-0.1, -0.05) is 12.1 Å². The Kier molecular flexibility index (Phi) is 10.3. The van der Waals surface area contributed by atoms with Crippen molar-refractivity contribution in [1.29, 1.82) is 0 Å². The molecule has 0 aromatic heterocycles. The molecule has 1 saturated carbocycles. The van der Waals surface area contributed by atoms with Crippen molar-refractivity contribution < 1.29 is 14.2 Å². The van der Waals surface area contributed by atoms with Gasteiger partial charge in [-0.15, -0.1) is 24.0 Å². The van der Waals surface area contributed by atoms with Crippen LogP contribution in [0.2, 0.25) is 0 Å². The standard InChI is InChI=1S/C22H35N3O3.HI/c1-4-23-22(25-13-12-17(15-25)16-26-2)24-14-18-8-7-11-20(27-3)21(18)28-19-9-5-6-10-19;/h7-8,11,17,19H,4-6,9-10,12-16H2,1-3H3,(H,23,24);1H. The quantitative estimate of drug-likeness (QED) is 0.320. The third-order valence-corrected chi connectivity index (χ3v) is 5.59. The highest BCUT2D eigenvalue weighted by molar-refractivity contribution is 14.0. The molecule has 164 valence electrons. The van der Waals surface area contributed by atoms with Crippen molar-refractivity contribution in [3.8, 4) is 11.5 Å². The molecule has 29 heavy (non-hydrogen) atoms. The number of halogens is 1. The Morgan fingerprint density at radius 2 is 2.00 bits per heavy atom. The number of methoxy groups -OCH3 is 2. The average Bonchev–Trinajstić information content (AvgIpc) is 3.38. The fourth-order valence-corrected chi connectivity index (χ4v) is 4.14. The van der Waals surface area contributed by atoms with Crippen LogP contribution in [0.25, 0.3) is 0 Å². The van der Waals surface area contributed by atoms with Gasteiger partial charge >= 0.3 is 0 Å². The van der Waals surface area contributed by atoms with E-state index in [2.05, 4.69) is 23.2 Å². The zero-order valence-corrected chi connectivity index (χ0v) is 20.3. The van der Waals surface area contributed by atoms with E-state index >= 15 is 0 Å². The van der Waals surface area contributed by atoms with E-state index in [1.165, 1.54) is 12.8 Å². The molecule has 6 nitrogen and oxygen atoms in total. The number of hydrogen-bond acceptors (Lipinski definition) is 4. The molecule has 7 heteroatoms. The summed E-state index contributed by atoms with van der Waals surface area (Å²) in [7, 11) is 3.48. The maximum Gasteiger partial charge on any atom is 0.194 e. The smallest absolute Gasteiger partial charge is 0.194 e. The molecule has 2 aliphatic rings. The number of nitrogens with zero attached hydrogens (tertiary/aromatic N) is 2. The van der Waals surface area contributed by atoms with Gasteiger partial charge in [0.25, 0.3) is 0 Å². The van der Waals surface area contributed by atoms with Crippen LogP contribution < -0.4 is 14.8 Å². The lowest BCUT2D eigenvalue weighted by Crippen LogP contribution is -2.40. The molecule has 1 aromatic carbocycles. The Labute approximate surface area is 192 Å². The lowest BCUT2D eigenvalue weighted by molar-refractivity contribution is 0.157. The molecule has 1 saturated heterocycles. The van der Waals surface area contributed by atoms with Gasteiger partial charge in [0.05, 0.1) is 26.4 Å². The van der Waals surface area contributed by atoms with E-state index in [9.17, 15) is 0 Å². The number of benzene rings is 1. The van der Waals surface area contributed by atoms with Crippen LogP contribution in [0.4, 0.5) is 0 Å². The second-order valence-electron chi connectivity index (χ2n) is 7.70. The van der Waals surface area contributed by atoms with Gasteiger partial charge in [-0.2, -0.15) is 0 Å². The first-order valence-electron chi connectivity index (χ1n) is 10.6. The van der Waals surface area contributed by atoms with Crippen LogP contribution in [0, 0.1) is 5.92 Å². The van der Waals surface area contributed by atoms with Crippen molar-refractivity contribution >= 4 is 29.9 Å². The van der Waals surface area contributed by atoms with E-state index in [1.54, 1.807) is 14.2 Å². The molecule has 0 bridgehead atoms. The zero-order chi connectivity index (χ0) is 19.8. The molecule has 1 aliphatic heterocycles. The van der Waals surface area contributed by atoms with Crippen LogP contribution in [0.1, 0.15) is 44.6 Å². The second-order valence-corrected chi connectivity index (χ2v) is 7.70. The summed E-state index contributed by atoms with van der Waals surface area (Å²) in [4.78, 5) is 7.26. The van der Waals surface area contributed by atoms with Crippen molar-refractivity contribution in [2.45, 2.75) is 51.7 Å². The molecule has 0 spiro atoms. The van der Waals surface area contributed by atoms with Gasteiger partial charge in [-0.25, -0.2) is 4.99 Å². The van der Waals surface area contributed by atoms with Crippen LogP contribution in [0.5, 0.6) is 11.5 Å². The fourth-order valence-electron chi connectivity index (χ4n) is 4.14. The maximum absolute atomic E-state index is 6.35. The van der Waals surface area contributed by atoms with Crippen molar-refractivity contribution in [3.63, 3.8) is 0 Å². The van der Waals surface area contributed by atoms with Gasteiger partial charge < -0.3 is 24.4 Å². The van der Waals surface area contributed by atoms with Gasteiger partial charge in [0, 0.05) is 38.2 Å². The van der Waals surface area contributed by atoms with Gasteiger partial charge in [0.1, 0.15) is 0 Å². The van der Waals surface area contributed by atoms with Crippen LogP contribution in [0.15, 0.2) is 23.2 Å². The average molecular weight is 517 g/mol. The Morgan fingerprint density at radius 1 is 1.21 bits per heavy atom. The molecule has 2 fully saturated rings. The molecule has 1 atom stereocenters. The number of rotatable bonds is 8. The van der Waals surface area contributed by atoms with Crippen LogP contribution >= 0.6 is 24.0 Å². The lowest BCUT2D eigenvalue weighted by atomic mass is 10.1. The SMILES string of the molecule is CCNC(=NCc1cccc(OC)c1OC1CCCC1)N1CCC(COC)C1.I. The number of likely N-dealkylation sites (tertiary alicyclic amines) is 1. The van der Waals surface area contributed by atoms with E-state index in [4.69, 9.17) is 19.2 Å². The van der Waals surface area contributed by atoms with Crippen molar-refractivity contribution in [1.82, 2.24) is 10.2 Å². The Bertz CT molecular complexity index is 650. The molecule has 1 aromatic rings. The third kappa shape index (κ3) is 6.64. The predicted molar refractivity (Wildman–Crippen MR) is 128 cm³/mol. The number of guanidine groups is 1. The van der Waals surface area contributed by atoms with Crippen molar-refractivity contribution in [3.05, 3.63) is 23.8 Å². The summed E-state index contributed by atoms with van der Waals surface area (Å²) in [5.41, 5.74) is 1.08. The summed E-state index contributed by atoms with van der Waals surface area (Å²) >= 11 is 0. The van der Waals surface area contributed by atoms with Gasteiger partial charge in [-0.05, 0) is 45.1 Å². The number of aliphatic imine (C=N–C) groups is 1. The number of para-hydroxylation sites is 1. The maximum atomic E-state index is 6.35. The number of hydrogen-bond donors (Lipinski definition) is 1. The minimum absolute atomic E-state index is 0. The molecule has 0 amide bonds. The monoisotopic (exact) mass is 517 g/mol. The van der Waals surface area contributed by atoms with E-state index in [0.29, 0.717) is 18.6 Å². The second kappa shape index (κ2) is 12.5. The van der Waals surface area contributed by atoms with Crippen molar-refractivity contribution in [2.75, 3.05) is 40.5 Å². The topological polar surface area (TPSA) is 55.3 Å². The Hall–Kier alpha value is -1.22. The minimum atomic E-state index is 0. The molecule has 0 radical (unpaired) electrons. The number of nitrogens with one attached hydrogen (secondary N) is 1. The lowest BCUT2D eigenvalue weighted by Gasteiger charge is -2.22. The van der Waals surface area contributed by atoms with Crippen LogP contribution in [-0.4, -0.2) is 57.4 Å². The van der Waals surface area contributed by atoms with Crippen LogP contribution in [-0.2, 0) is 11.3 Å². The van der Waals surface area contributed by atoms with Gasteiger partial charge in [0.2, 0.25) is 0 Å². The summed E-state index contributed by atoms with van der Waals surface area (Å²) in [5, 5.41) is 3.44. The highest BCUT2D eigenvalue weighted by atomic mass is 127. The summed E-state index contributed by atoms with van der Waals surface area (Å²) < 4.78 is 17.3. The van der Waals surface area contributed by atoms with E-state index in [0.717, 1.165) is 68.5 Å². The van der Waals surface area contributed by atoms with Gasteiger partial charge in [-0.3, -0.25) is 0 Å². The number of ether oxygens (including phenoxy) is 3. The Morgan fingerprint density at radius 3 is 2.69 bits per heavy atom. The van der Waals surface area contributed by atoms with Crippen molar-refractivity contribution in [2.24, 2.45) is 10.9 Å². The highest BCUT2D eigenvalue weighted by Crippen LogP contribution is 2.35. The largest absolute Gasteiger partial charge is 0.493 e. The minimum Gasteiger partial charge on any atom is -0.493 e. The molecule has 1 heterocycles. The third-order valence-electron chi connectivity index (χ3n) is 5.59. The summed E-state index contributed by atoms with van der Waals surface area (Å²) in [5.74, 6) is 3.20. The first-order valence-corrected chi connectivity index (χ1v) is 10.6. The van der Waals surface area contributed by atoms with Gasteiger partial charge in [0.15, 0.2) is 17.5 Å². The van der Waals surface area contributed by atoms with Crippen LogP contribution in [0.3, 0.4) is 0 Å². The van der Waals surface area contributed by atoms with E-state index < -0.39 is 0 Å². The zero-order valence-electron chi connectivity index (χ0n) is 18.0. The molecule has 1 N–H and O–H groups in total.